The Morgan fingerprint density at radius 2 is 1.81 bits per heavy atom. The summed E-state index contributed by atoms with van der Waals surface area (Å²) in [6, 6.07) is 2.73. The molecule has 26 heavy (non-hydrogen) atoms. The molecule has 1 aliphatic heterocycles. The number of nitrogens with zero attached hydrogens (tertiary/aromatic N) is 3. The third kappa shape index (κ3) is 3.81. The van der Waals surface area contributed by atoms with Gasteiger partial charge in [-0.2, -0.15) is 5.26 Å². The quantitative estimate of drug-likeness (QED) is 0.887. The number of carbonyl (C=O) groups is 1. The second-order valence-corrected chi connectivity index (χ2v) is 8.54. The Bertz CT molecular complexity index is 699. The molecule has 1 aliphatic carbocycles. The fourth-order valence-electron chi connectivity index (χ4n) is 5.00. The summed E-state index contributed by atoms with van der Waals surface area (Å²) < 4.78 is 2.22. The van der Waals surface area contributed by atoms with Crippen LogP contribution in [0.3, 0.4) is 0 Å². The van der Waals surface area contributed by atoms with Crippen LogP contribution in [-0.2, 0) is 4.79 Å². The highest BCUT2D eigenvalue weighted by Crippen LogP contribution is 2.37. The molecule has 1 aromatic heterocycles. The van der Waals surface area contributed by atoms with Crippen LogP contribution in [0.1, 0.15) is 68.8 Å². The highest BCUT2D eigenvalue weighted by Gasteiger charge is 2.28. The molecule has 5 heteroatoms. The molecule has 1 aromatic rings. The molecule has 2 fully saturated rings. The summed E-state index contributed by atoms with van der Waals surface area (Å²) in [7, 11) is 0. The summed E-state index contributed by atoms with van der Waals surface area (Å²) in [5.74, 6) is 1.98. The normalized spacial score (nSPS) is 24.6. The summed E-state index contributed by atoms with van der Waals surface area (Å²) >= 11 is 0. The first-order valence-corrected chi connectivity index (χ1v) is 10.0. The van der Waals surface area contributed by atoms with Gasteiger partial charge in [0.25, 0.3) is 0 Å². The Hall–Kier alpha value is -1.80. The van der Waals surface area contributed by atoms with Crippen LogP contribution in [0.2, 0.25) is 0 Å². The molecule has 5 nitrogen and oxygen atoms in total. The molecule has 1 amide bonds. The molecule has 142 valence electrons. The number of amides is 1. The molecule has 2 unspecified atom stereocenters. The van der Waals surface area contributed by atoms with Crippen molar-refractivity contribution in [2.24, 2.45) is 11.8 Å². The number of hydrogen-bond donors (Lipinski definition) is 1. The number of likely N-dealkylation sites (tertiary alicyclic amines) is 1. The van der Waals surface area contributed by atoms with Crippen LogP contribution in [0, 0.1) is 37.0 Å². The van der Waals surface area contributed by atoms with Gasteiger partial charge < -0.3 is 9.88 Å². The second kappa shape index (κ2) is 7.84. The van der Waals surface area contributed by atoms with Crippen molar-refractivity contribution in [1.82, 2.24) is 9.47 Å². The zero-order valence-corrected chi connectivity index (χ0v) is 16.6. The summed E-state index contributed by atoms with van der Waals surface area (Å²) in [5, 5.41) is 12.8. The van der Waals surface area contributed by atoms with E-state index in [2.05, 4.69) is 41.6 Å². The summed E-state index contributed by atoms with van der Waals surface area (Å²) in [6.07, 6.45) is 5.94. The maximum Gasteiger partial charge on any atom is 0.239 e. The van der Waals surface area contributed by atoms with E-state index in [1.807, 2.05) is 6.92 Å². The first kappa shape index (κ1) is 19.0. The Morgan fingerprint density at radius 1 is 1.19 bits per heavy atom. The van der Waals surface area contributed by atoms with Crippen molar-refractivity contribution in [2.45, 2.75) is 65.8 Å². The van der Waals surface area contributed by atoms with Crippen molar-refractivity contribution in [3.63, 3.8) is 0 Å². The monoisotopic (exact) mass is 356 g/mol. The summed E-state index contributed by atoms with van der Waals surface area (Å²) in [4.78, 5) is 15.0. The van der Waals surface area contributed by atoms with Gasteiger partial charge in [-0.3, -0.25) is 9.69 Å². The lowest BCUT2D eigenvalue weighted by Gasteiger charge is -2.34. The SMILES string of the molecule is Cc1c(C#N)c(NC(=O)CN2CC(C)CC(C)C2)n(C2CCCC2)c1C. The smallest absolute Gasteiger partial charge is 0.239 e. The van der Waals surface area contributed by atoms with Crippen molar-refractivity contribution in [1.29, 1.82) is 5.26 Å². The van der Waals surface area contributed by atoms with Gasteiger partial charge in [0.2, 0.25) is 5.91 Å². The van der Waals surface area contributed by atoms with Crippen molar-refractivity contribution < 1.29 is 4.79 Å². The topological polar surface area (TPSA) is 61.1 Å². The molecule has 1 saturated carbocycles. The first-order valence-electron chi connectivity index (χ1n) is 10.0. The van der Waals surface area contributed by atoms with E-state index in [0.717, 1.165) is 43.0 Å². The molecule has 3 rings (SSSR count). The standard InChI is InChI=1S/C21H32N4O/c1-14-9-15(2)12-24(11-14)13-20(26)23-21-19(10-22)16(3)17(4)25(21)18-7-5-6-8-18/h14-15,18H,5-9,11-13H2,1-4H3,(H,23,26). The van der Waals surface area contributed by atoms with Gasteiger partial charge in [-0.1, -0.05) is 26.7 Å². The molecule has 2 aliphatic rings. The highest BCUT2D eigenvalue weighted by atomic mass is 16.2. The van der Waals surface area contributed by atoms with E-state index in [0.29, 0.717) is 30.0 Å². The Morgan fingerprint density at radius 3 is 2.38 bits per heavy atom. The predicted octanol–water partition coefficient (Wildman–Crippen LogP) is 4.01. The van der Waals surface area contributed by atoms with Crippen LogP contribution in [0.15, 0.2) is 0 Å². The van der Waals surface area contributed by atoms with Gasteiger partial charge in [0.15, 0.2) is 0 Å². The van der Waals surface area contributed by atoms with Crippen molar-refractivity contribution in [3.05, 3.63) is 16.8 Å². The molecule has 0 aromatic carbocycles. The molecule has 0 bridgehead atoms. The van der Waals surface area contributed by atoms with Crippen LogP contribution in [0.25, 0.3) is 0 Å². The lowest BCUT2D eigenvalue weighted by molar-refractivity contribution is -0.117. The second-order valence-electron chi connectivity index (χ2n) is 8.54. The summed E-state index contributed by atoms with van der Waals surface area (Å²) in [5.41, 5.74) is 2.74. The van der Waals surface area contributed by atoms with Gasteiger partial charge in [-0.15, -0.1) is 0 Å². The lowest BCUT2D eigenvalue weighted by Crippen LogP contribution is -2.43. The predicted molar refractivity (Wildman–Crippen MR) is 104 cm³/mol. The highest BCUT2D eigenvalue weighted by molar-refractivity contribution is 5.93. The number of aromatic nitrogens is 1. The number of carbonyl (C=O) groups excluding carboxylic acids is 1. The minimum absolute atomic E-state index is 0.000420. The lowest BCUT2D eigenvalue weighted by atomic mass is 9.92. The maximum absolute atomic E-state index is 12.8. The van der Waals surface area contributed by atoms with Crippen molar-refractivity contribution >= 4 is 11.7 Å². The molecule has 2 heterocycles. The number of hydrogen-bond acceptors (Lipinski definition) is 3. The van der Waals surface area contributed by atoms with Crippen molar-refractivity contribution in [2.75, 3.05) is 25.0 Å². The van der Waals surface area contributed by atoms with E-state index < -0.39 is 0 Å². The molecular weight excluding hydrogens is 324 g/mol. The van der Waals surface area contributed by atoms with Gasteiger partial charge in [0, 0.05) is 24.8 Å². The fourth-order valence-corrected chi connectivity index (χ4v) is 5.00. The van der Waals surface area contributed by atoms with Crippen LogP contribution in [0.5, 0.6) is 0 Å². The van der Waals surface area contributed by atoms with E-state index in [-0.39, 0.29) is 5.91 Å². The fraction of sp³-hybridized carbons (Fsp3) is 0.714. The zero-order valence-electron chi connectivity index (χ0n) is 16.6. The number of anilines is 1. The van der Waals surface area contributed by atoms with Gasteiger partial charge in [-0.25, -0.2) is 0 Å². The average Bonchev–Trinajstić information content (AvgIpc) is 3.14. The number of piperidine rings is 1. The molecule has 2 atom stereocenters. The van der Waals surface area contributed by atoms with Crippen LogP contribution in [-0.4, -0.2) is 35.0 Å². The third-order valence-corrected chi connectivity index (χ3v) is 6.13. The molecule has 0 spiro atoms. The first-order chi connectivity index (χ1) is 12.4. The van der Waals surface area contributed by atoms with Crippen LogP contribution >= 0.6 is 0 Å². The average molecular weight is 357 g/mol. The van der Waals surface area contributed by atoms with E-state index in [9.17, 15) is 10.1 Å². The minimum atomic E-state index is -0.000420. The van der Waals surface area contributed by atoms with Gasteiger partial charge in [-0.05, 0) is 50.5 Å². The summed E-state index contributed by atoms with van der Waals surface area (Å²) in [6.45, 7) is 10.9. The number of nitrogens with one attached hydrogen (secondary N) is 1. The van der Waals surface area contributed by atoms with E-state index in [1.165, 1.54) is 19.3 Å². The van der Waals surface area contributed by atoms with Gasteiger partial charge >= 0.3 is 0 Å². The minimum Gasteiger partial charge on any atom is -0.327 e. The van der Waals surface area contributed by atoms with Gasteiger partial charge in [0.1, 0.15) is 11.9 Å². The Kier molecular flexibility index (Phi) is 5.72. The Labute approximate surface area is 157 Å². The molecule has 0 radical (unpaired) electrons. The Balaban J connectivity index is 1.79. The number of rotatable bonds is 4. The largest absolute Gasteiger partial charge is 0.327 e. The van der Waals surface area contributed by atoms with Gasteiger partial charge in [0.05, 0.1) is 12.1 Å². The molecular formula is C21H32N4O. The zero-order chi connectivity index (χ0) is 18.8. The van der Waals surface area contributed by atoms with E-state index in [4.69, 9.17) is 0 Å². The van der Waals surface area contributed by atoms with Crippen LogP contribution < -0.4 is 5.32 Å². The van der Waals surface area contributed by atoms with E-state index >= 15 is 0 Å². The van der Waals surface area contributed by atoms with Crippen molar-refractivity contribution in [3.8, 4) is 6.07 Å². The third-order valence-electron chi connectivity index (χ3n) is 6.13. The molecule has 1 N–H and O–H groups in total. The maximum atomic E-state index is 12.8. The number of nitriles is 1. The molecule has 1 saturated heterocycles. The van der Waals surface area contributed by atoms with Crippen LogP contribution in [0.4, 0.5) is 5.82 Å². The van der Waals surface area contributed by atoms with E-state index in [1.54, 1.807) is 0 Å².